The van der Waals surface area contributed by atoms with E-state index in [4.69, 9.17) is 22.6 Å². The Labute approximate surface area is 181 Å². The minimum absolute atomic E-state index is 0.147. The Balaban J connectivity index is 1.46. The van der Waals surface area contributed by atoms with Crippen molar-refractivity contribution in [3.8, 4) is 11.8 Å². The Hall–Kier alpha value is -3.35. The first-order chi connectivity index (χ1) is 14.5. The van der Waals surface area contributed by atoms with Gasteiger partial charge in [0, 0.05) is 11.9 Å². The molecule has 10 heteroatoms. The fourth-order valence-corrected chi connectivity index (χ4v) is 4.51. The molecule has 8 nitrogen and oxygen atoms in total. The molecule has 0 saturated heterocycles. The summed E-state index contributed by atoms with van der Waals surface area (Å²) < 4.78 is 1.78. The van der Waals surface area contributed by atoms with Crippen LogP contribution >= 0.6 is 22.9 Å². The highest BCUT2D eigenvalue weighted by molar-refractivity contribution is 7.20. The molecule has 3 heterocycles. The fourth-order valence-electron chi connectivity index (χ4n) is 3.20. The average molecular weight is 440 g/mol. The molecule has 0 unspecified atom stereocenters. The van der Waals surface area contributed by atoms with Gasteiger partial charge < -0.3 is 11.1 Å². The zero-order chi connectivity index (χ0) is 21.3. The summed E-state index contributed by atoms with van der Waals surface area (Å²) in [6.45, 7) is 2.37. The van der Waals surface area contributed by atoms with Crippen LogP contribution < -0.4 is 11.1 Å². The number of hydrogen-bond donors (Lipinski definition) is 3. The Morgan fingerprint density at radius 3 is 3.00 bits per heavy atom. The van der Waals surface area contributed by atoms with E-state index in [0.29, 0.717) is 40.5 Å². The smallest absolute Gasteiger partial charge is 0.261 e. The number of carbonyl (C=O) groups excluding carboxylic acids is 1. The Bertz CT molecular complexity index is 1280. The summed E-state index contributed by atoms with van der Waals surface area (Å²) in [5.74, 6) is 0.0516. The van der Waals surface area contributed by atoms with Crippen LogP contribution in [0, 0.1) is 18.3 Å². The van der Waals surface area contributed by atoms with E-state index in [-0.39, 0.29) is 11.7 Å². The van der Waals surface area contributed by atoms with Crippen LogP contribution in [0.15, 0.2) is 30.3 Å². The van der Waals surface area contributed by atoms with Gasteiger partial charge in [0.2, 0.25) is 0 Å². The lowest BCUT2D eigenvalue weighted by Gasteiger charge is -2.05. The number of hydrogen-bond acceptors (Lipinski definition) is 6. The first-order valence-electron chi connectivity index (χ1n) is 9.24. The number of nitrogens with one attached hydrogen (secondary N) is 2. The number of nitrogens with two attached hydrogens (primary N) is 1. The molecule has 4 aromatic rings. The van der Waals surface area contributed by atoms with Crippen molar-refractivity contribution in [2.24, 2.45) is 0 Å². The number of aryl methyl sites for hydroxylation is 2. The van der Waals surface area contributed by atoms with Gasteiger partial charge in [0.05, 0.1) is 27.0 Å². The lowest BCUT2D eigenvalue weighted by Crippen LogP contribution is -2.24. The van der Waals surface area contributed by atoms with Crippen LogP contribution in [-0.4, -0.2) is 32.4 Å². The molecule has 152 valence electrons. The number of para-hydroxylation sites is 1. The summed E-state index contributed by atoms with van der Waals surface area (Å²) in [7, 11) is 0. The van der Waals surface area contributed by atoms with E-state index < -0.39 is 0 Å². The van der Waals surface area contributed by atoms with Gasteiger partial charge >= 0.3 is 0 Å². The zero-order valence-corrected chi connectivity index (χ0v) is 17.6. The standard InChI is InChI=1S/C20H18ClN7OS/c1-11-12-9-17(30-20(12)28(27-11)16-7-3-2-5-14(16)21)19(29)24-8-4-6-15-13(10-22)18(23)26-25-15/h2-3,5,7,9H,4,6,8H2,1H3,(H,24,29)(H3,23,25,26). The van der Waals surface area contributed by atoms with Crippen LogP contribution in [0.2, 0.25) is 5.02 Å². The average Bonchev–Trinajstić information content (AvgIpc) is 3.40. The van der Waals surface area contributed by atoms with Crippen molar-refractivity contribution >= 4 is 44.9 Å². The minimum Gasteiger partial charge on any atom is -0.381 e. The monoisotopic (exact) mass is 439 g/mol. The molecule has 1 aromatic carbocycles. The summed E-state index contributed by atoms with van der Waals surface area (Å²) in [6, 6.07) is 11.4. The Morgan fingerprint density at radius 1 is 1.43 bits per heavy atom. The number of carbonyl (C=O) groups is 1. The number of anilines is 1. The molecule has 0 atom stereocenters. The van der Waals surface area contributed by atoms with E-state index in [1.165, 1.54) is 11.3 Å². The maximum absolute atomic E-state index is 12.6. The Kier molecular flexibility index (Phi) is 5.44. The molecule has 0 spiro atoms. The second-order valence-corrected chi connectivity index (χ2v) is 8.15. The number of thiophene rings is 1. The molecule has 0 saturated carbocycles. The van der Waals surface area contributed by atoms with Gasteiger partial charge in [-0.2, -0.15) is 15.5 Å². The van der Waals surface area contributed by atoms with Crippen LogP contribution in [0.4, 0.5) is 5.82 Å². The van der Waals surface area contributed by atoms with Gasteiger partial charge in [-0.15, -0.1) is 11.3 Å². The molecule has 3 aromatic heterocycles. The van der Waals surface area contributed by atoms with E-state index in [2.05, 4.69) is 20.6 Å². The van der Waals surface area contributed by atoms with Gasteiger partial charge in [-0.05, 0) is 38.0 Å². The number of amides is 1. The topological polar surface area (TPSA) is 125 Å². The molecule has 0 aliphatic heterocycles. The quantitative estimate of drug-likeness (QED) is 0.396. The van der Waals surface area contributed by atoms with Crippen LogP contribution in [0.3, 0.4) is 0 Å². The highest BCUT2D eigenvalue weighted by atomic mass is 35.5. The van der Waals surface area contributed by atoms with Gasteiger partial charge in [-0.3, -0.25) is 9.89 Å². The van der Waals surface area contributed by atoms with E-state index in [1.807, 2.05) is 43.3 Å². The molecule has 0 fully saturated rings. The van der Waals surface area contributed by atoms with Crippen molar-refractivity contribution < 1.29 is 4.79 Å². The predicted molar refractivity (Wildman–Crippen MR) is 117 cm³/mol. The van der Waals surface area contributed by atoms with Crippen molar-refractivity contribution in [1.82, 2.24) is 25.3 Å². The van der Waals surface area contributed by atoms with E-state index >= 15 is 0 Å². The first-order valence-corrected chi connectivity index (χ1v) is 10.4. The van der Waals surface area contributed by atoms with Gasteiger partial charge in [0.1, 0.15) is 16.5 Å². The number of nitriles is 1. The largest absolute Gasteiger partial charge is 0.381 e. The van der Waals surface area contributed by atoms with Crippen LogP contribution in [0.5, 0.6) is 0 Å². The molecule has 4 rings (SSSR count). The fraction of sp³-hybridized carbons (Fsp3) is 0.200. The molecular formula is C20H18ClN7OS. The van der Waals surface area contributed by atoms with Crippen molar-refractivity contribution in [3.05, 3.63) is 57.2 Å². The summed E-state index contributed by atoms with van der Waals surface area (Å²) in [5.41, 5.74) is 8.29. The van der Waals surface area contributed by atoms with Crippen LogP contribution in [0.25, 0.3) is 15.9 Å². The van der Waals surface area contributed by atoms with Crippen molar-refractivity contribution in [3.63, 3.8) is 0 Å². The number of H-pyrrole nitrogens is 1. The number of nitrogens with zero attached hydrogens (tertiary/aromatic N) is 4. The van der Waals surface area contributed by atoms with Crippen LogP contribution in [0.1, 0.15) is 33.0 Å². The Morgan fingerprint density at radius 2 is 2.23 bits per heavy atom. The number of fused-ring (bicyclic) bond motifs is 1. The van der Waals surface area contributed by atoms with Gasteiger partial charge in [0.25, 0.3) is 5.91 Å². The molecule has 0 radical (unpaired) electrons. The molecule has 0 aliphatic carbocycles. The molecule has 4 N–H and O–H groups in total. The summed E-state index contributed by atoms with van der Waals surface area (Å²) in [4.78, 5) is 14.1. The normalized spacial score (nSPS) is 11.0. The summed E-state index contributed by atoms with van der Waals surface area (Å²) in [6.07, 6.45) is 1.22. The first kappa shape index (κ1) is 19.9. The second kappa shape index (κ2) is 8.18. The molecule has 0 aliphatic rings. The second-order valence-electron chi connectivity index (χ2n) is 6.71. The lowest BCUT2D eigenvalue weighted by molar-refractivity contribution is 0.0957. The lowest BCUT2D eigenvalue weighted by atomic mass is 10.1. The third-order valence-corrected chi connectivity index (χ3v) is 6.15. The predicted octanol–water partition coefficient (Wildman–Crippen LogP) is 3.59. The highest BCUT2D eigenvalue weighted by Gasteiger charge is 2.18. The number of aromatic amines is 1. The number of halogens is 1. The van der Waals surface area contributed by atoms with Crippen LogP contribution in [-0.2, 0) is 6.42 Å². The molecular weight excluding hydrogens is 422 g/mol. The SMILES string of the molecule is Cc1nn(-c2ccccc2Cl)c2sc(C(=O)NCCCc3[nH]nc(N)c3C#N)cc12. The molecule has 1 amide bonds. The number of benzene rings is 1. The van der Waals surface area contributed by atoms with Crippen molar-refractivity contribution in [2.75, 3.05) is 12.3 Å². The van der Waals surface area contributed by atoms with E-state index in [0.717, 1.165) is 21.6 Å². The van der Waals surface area contributed by atoms with E-state index in [1.54, 1.807) is 4.68 Å². The van der Waals surface area contributed by atoms with Crippen molar-refractivity contribution in [1.29, 1.82) is 5.26 Å². The maximum atomic E-state index is 12.6. The number of nitrogen functional groups attached to an aromatic ring is 1. The maximum Gasteiger partial charge on any atom is 0.261 e. The third-order valence-electron chi connectivity index (χ3n) is 4.72. The summed E-state index contributed by atoms with van der Waals surface area (Å²) >= 11 is 7.70. The number of rotatable bonds is 6. The summed E-state index contributed by atoms with van der Waals surface area (Å²) in [5, 5.41) is 24.7. The van der Waals surface area contributed by atoms with Crippen molar-refractivity contribution in [2.45, 2.75) is 19.8 Å². The minimum atomic E-state index is -0.147. The van der Waals surface area contributed by atoms with Gasteiger partial charge in [-0.25, -0.2) is 4.68 Å². The molecule has 30 heavy (non-hydrogen) atoms. The van der Waals surface area contributed by atoms with E-state index in [9.17, 15) is 4.79 Å². The number of aromatic nitrogens is 4. The van der Waals surface area contributed by atoms with Gasteiger partial charge in [0.15, 0.2) is 5.82 Å². The molecule has 0 bridgehead atoms. The van der Waals surface area contributed by atoms with Gasteiger partial charge in [-0.1, -0.05) is 23.7 Å². The zero-order valence-electron chi connectivity index (χ0n) is 16.1. The third kappa shape index (κ3) is 3.63. The highest BCUT2D eigenvalue weighted by Crippen LogP contribution is 2.32.